The summed E-state index contributed by atoms with van der Waals surface area (Å²) in [5.41, 5.74) is 1.61. The summed E-state index contributed by atoms with van der Waals surface area (Å²) in [6.45, 7) is 9.87. The van der Waals surface area contributed by atoms with Crippen molar-refractivity contribution in [3.63, 3.8) is 0 Å². The third kappa shape index (κ3) is 6.49. The van der Waals surface area contributed by atoms with Gasteiger partial charge in [-0.1, -0.05) is 26.0 Å². The van der Waals surface area contributed by atoms with Crippen molar-refractivity contribution in [3.05, 3.63) is 78.4 Å². The maximum absolute atomic E-state index is 13.0. The summed E-state index contributed by atoms with van der Waals surface area (Å²) in [5, 5.41) is 22.7. The number of carbonyl (C=O) groups is 1. The maximum Gasteiger partial charge on any atom is 0.251 e. The van der Waals surface area contributed by atoms with E-state index in [9.17, 15) is 15.0 Å². The van der Waals surface area contributed by atoms with Gasteiger partial charge in [-0.2, -0.15) is 0 Å². The van der Waals surface area contributed by atoms with Crippen molar-refractivity contribution in [2.24, 2.45) is 5.92 Å². The van der Waals surface area contributed by atoms with Crippen LogP contribution in [0.25, 0.3) is 0 Å². The van der Waals surface area contributed by atoms with E-state index < -0.39 is 0 Å². The number of carbonyl (C=O) groups excluding carboxylic acids is 1. The summed E-state index contributed by atoms with van der Waals surface area (Å²) in [6.07, 6.45) is 0. The lowest BCUT2D eigenvalue weighted by atomic mass is 10.0. The zero-order chi connectivity index (χ0) is 25.7. The van der Waals surface area contributed by atoms with E-state index >= 15 is 0 Å². The second-order valence-corrected chi connectivity index (χ2v) is 9.77. The molecule has 1 aliphatic heterocycles. The van der Waals surface area contributed by atoms with E-state index in [4.69, 9.17) is 4.74 Å². The van der Waals surface area contributed by atoms with Gasteiger partial charge in [0, 0.05) is 61.6 Å². The molecule has 0 unspecified atom stereocenters. The second-order valence-electron chi connectivity index (χ2n) is 9.77. The Morgan fingerprint density at radius 3 is 2.31 bits per heavy atom. The van der Waals surface area contributed by atoms with Gasteiger partial charge in [-0.3, -0.25) is 9.69 Å². The molecule has 1 aliphatic rings. The number of hydrogen-bond acceptors (Lipinski definition) is 6. The molecule has 0 saturated carbocycles. The van der Waals surface area contributed by atoms with E-state index in [0.29, 0.717) is 23.1 Å². The lowest BCUT2D eigenvalue weighted by molar-refractivity contribution is 0.0903. The number of rotatable bonds is 8. The molecule has 190 valence electrons. The lowest BCUT2D eigenvalue weighted by Gasteiger charge is -2.42. The number of hydrogen-bond donors (Lipinski definition) is 3. The Labute approximate surface area is 212 Å². The average molecular weight is 490 g/mol. The van der Waals surface area contributed by atoms with E-state index in [0.717, 1.165) is 31.9 Å². The van der Waals surface area contributed by atoms with Crippen LogP contribution in [0.5, 0.6) is 23.0 Å². The molecular formula is C29H35N3O4. The summed E-state index contributed by atoms with van der Waals surface area (Å²) in [6, 6.07) is 21.3. The smallest absolute Gasteiger partial charge is 0.251 e. The van der Waals surface area contributed by atoms with Crippen LogP contribution < -0.4 is 15.0 Å². The summed E-state index contributed by atoms with van der Waals surface area (Å²) in [7, 11) is 0. The summed E-state index contributed by atoms with van der Waals surface area (Å²) >= 11 is 0. The fraction of sp³-hybridized carbons (Fsp3) is 0.345. The van der Waals surface area contributed by atoms with Gasteiger partial charge < -0.3 is 25.2 Å². The summed E-state index contributed by atoms with van der Waals surface area (Å²) < 4.78 is 5.75. The fourth-order valence-corrected chi connectivity index (χ4v) is 4.56. The Hall–Kier alpha value is -3.71. The molecule has 1 saturated heterocycles. The third-order valence-corrected chi connectivity index (χ3v) is 6.62. The van der Waals surface area contributed by atoms with Crippen LogP contribution in [0.15, 0.2) is 72.8 Å². The van der Waals surface area contributed by atoms with Gasteiger partial charge in [0.25, 0.3) is 5.91 Å². The van der Waals surface area contributed by atoms with Crippen LogP contribution in [0.2, 0.25) is 0 Å². The maximum atomic E-state index is 13.0. The standard InChI is InChI=1S/C29H35N3O4/c1-20(2)28(19-31-14-15-32(21(3)18-31)23-6-4-7-24(33)16-23)30-29(35)22-10-12-26(13-11-22)36-27-9-5-8-25(34)17-27/h4-13,16-17,20-21,28,33-34H,14-15,18-19H2,1-3H3,(H,30,35)/t21-,28+/m0/s1. The molecule has 1 heterocycles. The summed E-state index contributed by atoms with van der Waals surface area (Å²) in [4.78, 5) is 17.7. The largest absolute Gasteiger partial charge is 0.508 e. The molecule has 2 atom stereocenters. The second kappa shape index (κ2) is 11.4. The van der Waals surface area contributed by atoms with E-state index in [-0.39, 0.29) is 29.4 Å². The number of nitrogens with one attached hydrogen (secondary N) is 1. The van der Waals surface area contributed by atoms with Crippen LogP contribution in [0, 0.1) is 5.92 Å². The minimum absolute atomic E-state index is 0.0141. The predicted molar refractivity (Wildman–Crippen MR) is 142 cm³/mol. The Morgan fingerprint density at radius 2 is 1.67 bits per heavy atom. The van der Waals surface area contributed by atoms with Crippen LogP contribution in [0.1, 0.15) is 31.1 Å². The quantitative estimate of drug-likeness (QED) is 0.419. The molecule has 3 N–H and O–H groups in total. The zero-order valence-corrected chi connectivity index (χ0v) is 21.1. The minimum atomic E-state index is -0.107. The highest BCUT2D eigenvalue weighted by Gasteiger charge is 2.27. The Balaban J connectivity index is 1.33. The van der Waals surface area contributed by atoms with Crippen molar-refractivity contribution in [2.45, 2.75) is 32.9 Å². The molecule has 1 fully saturated rings. The first-order chi connectivity index (χ1) is 17.3. The minimum Gasteiger partial charge on any atom is -0.508 e. The van der Waals surface area contributed by atoms with E-state index in [1.54, 1.807) is 48.5 Å². The third-order valence-electron chi connectivity index (χ3n) is 6.62. The van der Waals surface area contributed by atoms with Gasteiger partial charge in [-0.15, -0.1) is 0 Å². The van der Waals surface area contributed by atoms with Gasteiger partial charge in [0.1, 0.15) is 23.0 Å². The first-order valence-corrected chi connectivity index (χ1v) is 12.4. The van der Waals surface area contributed by atoms with Gasteiger partial charge in [-0.05, 0) is 61.4 Å². The summed E-state index contributed by atoms with van der Waals surface area (Å²) in [5.74, 6) is 1.72. The molecule has 0 aromatic heterocycles. The number of aromatic hydroxyl groups is 2. The number of nitrogens with zero attached hydrogens (tertiary/aromatic N) is 2. The molecule has 36 heavy (non-hydrogen) atoms. The number of ether oxygens (including phenoxy) is 1. The van der Waals surface area contributed by atoms with Crippen LogP contribution in [0.4, 0.5) is 5.69 Å². The highest BCUT2D eigenvalue weighted by atomic mass is 16.5. The molecule has 0 aliphatic carbocycles. The first-order valence-electron chi connectivity index (χ1n) is 12.4. The lowest BCUT2D eigenvalue weighted by Crippen LogP contribution is -2.56. The molecule has 7 nitrogen and oxygen atoms in total. The average Bonchev–Trinajstić information content (AvgIpc) is 2.84. The molecule has 1 amide bonds. The van der Waals surface area contributed by atoms with Crippen LogP contribution in [-0.2, 0) is 0 Å². The molecule has 4 rings (SSSR count). The first kappa shape index (κ1) is 25.4. The van der Waals surface area contributed by atoms with Gasteiger partial charge in [0.05, 0.1) is 0 Å². The molecule has 0 bridgehead atoms. The van der Waals surface area contributed by atoms with Crippen molar-refractivity contribution in [2.75, 3.05) is 31.1 Å². The van der Waals surface area contributed by atoms with Gasteiger partial charge in [-0.25, -0.2) is 0 Å². The Bertz CT molecular complexity index is 1170. The van der Waals surface area contributed by atoms with E-state index in [1.165, 1.54) is 6.07 Å². The van der Waals surface area contributed by atoms with E-state index in [2.05, 4.69) is 35.9 Å². The molecular weight excluding hydrogens is 454 g/mol. The number of phenolic OH excluding ortho intramolecular Hbond substituents is 2. The number of phenols is 2. The van der Waals surface area contributed by atoms with Gasteiger partial charge >= 0.3 is 0 Å². The van der Waals surface area contributed by atoms with Crippen molar-refractivity contribution < 1.29 is 19.7 Å². The Morgan fingerprint density at radius 1 is 0.972 bits per heavy atom. The highest BCUT2D eigenvalue weighted by molar-refractivity contribution is 5.94. The van der Waals surface area contributed by atoms with Crippen LogP contribution >= 0.6 is 0 Å². The van der Waals surface area contributed by atoms with Crippen molar-refractivity contribution in [1.82, 2.24) is 10.2 Å². The SMILES string of the molecule is CC(C)[C@@H](CN1CCN(c2cccc(O)c2)[C@@H](C)C1)NC(=O)c1ccc(Oc2cccc(O)c2)cc1. The van der Waals surface area contributed by atoms with Gasteiger partial charge in [0.15, 0.2) is 0 Å². The number of amides is 1. The number of anilines is 1. The number of piperazine rings is 1. The molecule has 7 heteroatoms. The molecule has 0 spiro atoms. The van der Waals surface area contributed by atoms with Crippen molar-refractivity contribution in [1.29, 1.82) is 0 Å². The Kier molecular flexibility index (Phi) is 8.00. The van der Waals surface area contributed by atoms with Crippen molar-refractivity contribution >= 4 is 11.6 Å². The molecule has 3 aromatic carbocycles. The predicted octanol–water partition coefficient (Wildman–Crippen LogP) is 4.86. The zero-order valence-electron chi connectivity index (χ0n) is 21.1. The molecule has 0 radical (unpaired) electrons. The van der Waals surface area contributed by atoms with Gasteiger partial charge in [0.2, 0.25) is 0 Å². The number of benzene rings is 3. The fourth-order valence-electron chi connectivity index (χ4n) is 4.56. The van der Waals surface area contributed by atoms with Crippen molar-refractivity contribution in [3.8, 4) is 23.0 Å². The highest BCUT2D eigenvalue weighted by Crippen LogP contribution is 2.26. The monoisotopic (exact) mass is 489 g/mol. The van der Waals surface area contributed by atoms with E-state index in [1.807, 2.05) is 18.2 Å². The molecule has 3 aromatic rings. The van der Waals surface area contributed by atoms with Crippen LogP contribution in [0.3, 0.4) is 0 Å². The normalized spacial score (nSPS) is 17.1. The van der Waals surface area contributed by atoms with Crippen LogP contribution in [-0.4, -0.2) is 59.3 Å². The topological polar surface area (TPSA) is 85.3 Å².